The molecular weight excluding hydrogens is 253 g/mol. The van der Waals surface area contributed by atoms with Crippen molar-refractivity contribution in [2.75, 3.05) is 5.32 Å². The molecule has 0 unspecified atom stereocenters. The van der Waals surface area contributed by atoms with E-state index in [0.29, 0.717) is 5.69 Å². The van der Waals surface area contributed by atoms with Gasteiger partial charge in [0.15, 0.2) is 0 Å². The van der Waals surface area contributed by atoms with E-state index >= 15 is 0 Å². The van der Waals surface area contributed by atoms with Crippen LogP contribution in [0.1, 0.15) is 26.4 Å². The minimum absolute atomic E-state index is 0.0577. The molecule has 0 atom stereocenters. The second kappa shape index (κ2) is 4.89. The van der Waals surface area contributed by atoms with Gasteiger partial charge in [0.05, 0.1) is 11.3 Å². The third kappa shape index (κ3) is 2.44. The molecule has 0 spiro atoms. The first kappa shape index (κ1) is 12.7. The van der Waals surface area contributed by atoms with Crippen molar-refractivity contribution in [3.63, 3.8) is 0 Å². The molecule has 0 fully saturated rings. The molecule has 2 heterocycles. The van der Waals surface area contributed by atoms with Crippen LogP contribution < -0.4 is 5.32 Å². The third-order valence-electron chi connectivity index (χ3n) is 2.54. The number of amides is 1. The van der Waals surface area contributed by atoms with Crippen molar-refractivity contribution in [1.82, 2.24) is 9.97 Å². The van der Waals surface area contributed by atoms with Crippen LogP contribution in [0.15, 0.2) is 24.5 Å². The quantitative estimate of drug-likeness (QED) is 0.736. The highest BCUT2D eigenvalue weighted by Gasteiger charge is 2.19. The van der Waals surface area contributed by atoms with Crippen molar-refractivity contribution in [1.29, 1.82) is 0 Å². The highest BCUT2D eigenvalue weighted by atomic mass is 19.1. The van der Waals surface area contributed by atoms with Crippen molar-refractivity contribution in [3.05, 3.63) is 47.3 Å². The van der Waals surface area contributed by atoms with Gasteiger partial charge in [0, 0.05) is 18.1 Å². The van der Waals surface area contributed by atoms with Crippen LogP contribution in [0.4, 0.5) is 10.1 Å². The van der Waals surface area contributed by atoms with Crippen LogP contribution in [-0.4, -0.2) is 27.0 Å². The zero-order valence-electron chi connectivity index (χ0n) is 9.90. The molecule has 2 rings (SSSR count). The van der Waals surface area contributed by atoms with E-state index in [1.165, 1.54) is 24.5 Å². The molecular formula is C12H10FN3O3. The van der Waals surface area contributed by atoms with Crippen molar-refractivity contribution in [2.24, 2.45) is 0 Å². The minimum Gasteiger partial charge on any atom is -0.478 e. The van der Waals surface area contributed by atoms with Crippen LogP contribution in [-0.2, 0) is 0 Å². The van der Waals surface area contributed by atoms with Crippen molar-refractivity contribution < 1.29 is 19.1 Å². The summed E-state index contributed by atoms with van der Waals surface area (Å²) in [6, 6.07) is 2.68. The Hall–Kier alpha value is -2.70. The molecule has 0 bridgehead atoms. The van der Waals surface area contributed by atoms with E-state index in [-0.39, 0.29) is 16.8 Å². The molecule has 2 aromatic heterocycles. The largest absolute Gasteiger partial charge is 0.478 e. The number of halogens is 1. The maximum atomic E-state index is 13.3. The molecule has 1 amide bonds. The van der Waals surface area contributed by atoms with Gasteiger partial charge in [-0.1, -0.05) is 0 Å². The van der Waals surface area contributed by atoms with Crippen LogP contribution in [0, 0.1) is 12.9 Å². The molecule has 19 heavy (non-hydrogen) atoms. The number of carboxylic acid groups (broad SMARTS) is 1. The van der Waals surface area contributed by atoms with Crippen LogP contribution in [0.25, 0.3) is 0 Å². The van der Waals surface area contributed by atoms with Gasteiger partial charge in [-0.2, -0.15) is 4.39 Å². The Labute approximate surface area is 107 Å². The first-order valence-electron chi connectivity index (χ1n) is 5.34. The monoisotopic (exact) mass is 263 g/mol. The van der Waals surface area contributed by atoms with E-state index in [2.05, 4.69) is 15.3 Å². The van der Waals surface area contributed by atoms with Crippen LogP contribution in [0.3, 0.4) is 0 Å². The van der Waals surface area contributed by atoms with Crippen LogP contribution >= 0.6 is 0 Å². The second-order valence-corrected chi connectivity index (χ2v) is 3.80. The van der Waals surface area contributed by atoms with E-state index in [1.807, 2.05) is 0 Å². The van der Waals surface area contributed by atoms with E-state index in [1.54, 1.807) is 6.92 Å². The summed E-state index contributed by atoms with van der Waals surface area (Å²) in [5.41, 5.74) is 0.169. The molecule has 0 saturated heterocycles. The SMILES string of the molecule is Cc1[nH]cc(NC(=O)c2cccnc2F)c1C(=O)O. The predicted octanol–water partition coefficient (Wildman–Crippen LogP) is 1.81. The maximum Gasteiger partial charge on any atom is 0.339 e. The number of aromatic amines is 1. The number of nitrogens with one attached hydrogen (secondary N) is 2. The number of hydrogen-bond donors (Lipinski definition) is 3. The number of rotatable bonds is 3. The highest BCUT2D eigenvalue weighted by Crippen LogP contribution is 2.20. The van der Waals surface area contributed by atoms with Gasteiger partial charge < -0.3 is 15.4 Å². The maximum absolute atomic E-state index is 13.3. The Morgan fingerprint density at radius 1 is 1.47 bits per heavy atom. The predicted molar refractivity (Wildman–Crippen MR) is 64.6 cm³/mol. The summed E-state index contributed by atoms with van der Waals surface area (Å²) >= 11 is 0. The lowest BCUT2D eigenvalue weighted by molar-refractivity contribution is 0.0697. The van der Waals surface area contributed by atoms with Crippen LogP contribution in [0.5, 0.6) is 0 Å². The molecule has 3 N–H and O–H groups in total. The lowest BCUT2D eigenvalue weighted by atomic mass is 10.2. The number of aromatic carboxylic acids is 1. The first-order valence-corrected chi connectivity index (χ1v) is 5.34. The zero-order valence-corrected chi connectivity index (χ0v) is 9.90. The van der Waals surface area contributed by atoms with E-state index < -0.39 is 17.8 Å². The Kier molecular flexibility index (Phi) is 3.28. The zero-order chi connectivity index (χ0) is 14.0. The molecule has 6 nitrogen and oxygen atoms in total. The molecule has 0 aliphatic rings. The van der Waals surface area contributed by atoms with E-state index in [9.17, 15) is 14.0 Å². The number of carbonyl (C=O) groups excluding carboxylic acids is 1. The summed E-state index contributed by atoms with van der Waals surface area (Å²) in [4.78, 5) is 28.9. The molecule has 2 aromatic rings. The molecule has 0 aliphatic heterocycles. The smallest absolute Gasteiger partial charge is 0.339 e. The van der Waals surface area contributed by atoms with Gasteiger partial charge in [-0.3, -0.25) is 4.79 Å². The molecule has 0 aliphatic carbocycles. The average molecular weight is 263 g/mol. The van der Waals surface area contributed by atoms with E-state index in [4.69, 9.17) is 5.11 Å². The van der Waals surface area contributed by atoms with Gasteiger partial charge in [0.2, 0.25) is 5.95 Å². The number of pyridine rings is 1. The average Bonchev–Trinajstić information content (AvgIpc) is 2.70. The second-order valence-electron chi connectivity index (χ2n) is 3.80. The van der Waals surface area contributed by atoms with E-state index in [0.717, 1.165) is 0 Å². The lowest BCUT2D eigenvalue weighted by Gasteiger charge is -2.05. The van der Waals surface area contributed by atoms with Gasteiger partial charge in [-0.15, -0.1) is 0 Å². The number of H-pyrrole nitrogens is 1. The summed E-state index contributed by atoms with van der Waals surface area (Å²) in [5.74, 6) is -2.85. The Bertz CT molecular complexity index is 651. The Morgan fingerprint density at radius 2 is 2.21 bits per heavy atom. The molecule has 0 saturated carbocycles. The molecule has 98 valence electrons. The summed E-state index contributed by atoms with van der Waals surface area (Å²) < 4.78 is 13.3. The summed E-state index contributed by atoms with van der Waals surface area (Å²) in [6.45, 7) is 1.56. The molecule has 0 radical (unpaired) electrons. The number of carbonyl (C=O) groups is 2. The fraction of sp³-hybridized carbons (Fsp3) is 0.0833. The van der Waals surface area contributed by atoms with Crippen LogP contribution in [0.2, 0.25) is 0 Å². The number of anilines is 1. The van der Waals surface area contributed by atoms with Gasteiger partial charge in [0.1, 0.15) is 5.56 Å². The Morgan fingerprint density at radius 3 is 2.84 bits per heavy atom. The summed E-state index contributed by atoms with van der Waals surface area (Å²) in [7, 11) is 0. The van der Waals surface area contributed by atoms with Gasteiger partial charge in [0.25, 0.3) is 5.91 Å². The number of hydrogen-bond acceptors (Lipinski definition) is 3. The van der Waals surface area contributed by atoms with Crippen molar-refractivity contribution in [3.8, 4) is 0 Å². The van der Waals surface area contributed by atoms with Crippen molar-refractivity contribution in [2.45, 2.75) is 6.92 Å². The number of carboxylic acids is 1. The Balaban J connectivity index is 2.30. The molecule has 0 aromatic carbocycles. The summed E-state index contributed by atoms with van der Waals surface area (Å²) in [6.07, 6.45) is 2.56. The van der Waals surface area contributed by atoms with Gasteiger partial charge in [-0.05, 0) is 19.1 Å². The lowest BCUT2D eigenvalue weighted by Crippen LogP contribution is -2.16. The van der Waals surface area contributed by atoms with Gasteiger partial charge >= 0.3 is 5.97 Å². The molecule has 7 heteroatoms. The fourth-order valence-corrected chi connectivity index (χ4v) is 1.65. The number of aromatic nitrogens is 2. The highest BCUT2D eigenvalue weighted by molar-refractivity contribution is 6.08. The minimum atomic E-state index is -1.18. The number of nitrogens with zero attached hydrogens (tertiary/aromatic N) is 1. The first-order chi connectivity index (χ1) is 9.00. The fourth-order valence-electron chi connectivity index (χ4n) is 1.65. The number of aryl methyl sites for hydroxylation is 1. The normalized spacial score (nSPS) is 10.2. The standard InChI is InChI=1S/C12H10FN3O3/c1-6-9(12(18)19)8(5-15-6)16-11(17)7-3-2-4-14-10(7)13/h2-5,15H,1H3,(H,16,17)(H,18,19). The van der Waals surface area contributed by atoms with Crippen molar-refractivity contribution >= 4 is 17.6 Å². The van der Waals surface area contributed by atoms with Gasteiger partial charge in [-0.25, -0.2) is 9.78 Å². The summed E-state index contributed by atoms with van der Waals surface area (Å²) in [5, 5.41) is 11.4. The topological polar surface area (TPSA) is 95.1 Å². The third-order valence-corrected chi connectivity index (χ3v) is 2.54.